The average molecular weight is 259 g/mol. The number of para-hydroxylation sites is 1. The Morgan fingerprint density at radius 2 is 1.63 bits per heavy atom. The van der Waals surface area contributed by atoms with E-state index >= 15 is 0 Å². The number of nitrogens with zero attached hydrogens (tertiary/aromatic N) is 1. The summed E-state index contributed by atoms with van der Waals surface area (Å²) in [4.78, 5) is 26.5. The number of amides is 2. The third-order valence-electron chi connectivity index (χ3n) is 3.81. The third-order valence-corrected chi connectivity index (χ3v) is 3.81. The molecule has 1 heterocycles. The van der Waals surface area contributed by atoms with Crippen molar-refractivity contribution in [2.24, 2.45) is 17.3 Å². The van der Waals surface area contributed by atoms with Gasteiger partial charge in [0.2, 0.25) is 11.8 Å². The molecule has 1 saturated heterocycles. The van der Waals surface area contributed by atoms with E-state index in [1.54, 1.807) is 0 Å². The summed E-state index contributed by atoms with van der Waals surface area (Å²) in [5, 5.41) is 0. The second kappa shape index (κ2) is 4.80. The number of carbonyl (C=O) groups is 2. The molecule has 0 spiro atoms. The summed E-state index contributed by atoms with van der Waals surface area (Å²) in [6.07, 6.45) is 0.704. The lowest BCUT2D eigenvalue weighted by Gasteiger charge is -2.28. The van der Waals surface area contributed by atoms with Crippen molar-refractivity contribution in [2.45, 2.75) is 34.1 Å². The number of hydrogen-bond donors (Lipinski definition) is 0. The SMILES string of the molecule is CCC1C(=O)N(c2ccccc2)C(=O)C1C(C)(C)C. The van der Waals surface area contributed by atoms with Crippen molar-refractivity contribution in [3.8, 4) is 0 Å². The first kappa shape index (κ1) is 13.8. The molecule has 1 aliphatic heterocycles. The number of imide groups is 1. The highest BCUT2D eigenvalue weighted by Crippen LogP contribution is 2.42. The van der Waals surface area contributed by atoms with Gasteiger partial charge in [-0.25, -0.2) is 0 Å². The molecule has 0 aromatic heterocycles. The molecule has 2 rings (SSSR count). The Labute approximate surface area is 114 Å². The molecule has 2 unspecified atom stereocenters. The fraction of sp³-hybridized carbons (Fsp3) is 0.500. The highest BCUT2D eigenvalue weighted by Gasteiger charge is 2.51. The lowest BCUT2D eigenvalue weighted by atomic mass is 9.73. The second-order valence-electron chi connectivity index (χ2n) is 6.21. The molecule has 1 fully saturated rings. The molecule has 1 aromatic carbocycles. The maximum absolute atomic E-state index is 12.6. The van der Waals surface area contributed by atoms with E-state index in [1.807, 2.05) is 58.0 Å². The van der Waals surface area contributed by atoms with Gasteiger partial charge in [-0.3, -0.25) is 14.5 Å². The maximum Gasteiger partial charge on any atom is 0.238 e. The summed E-state index contributed by atoms with van der Waals surface area (Å²) in [5.41, 5.74) is 0.486. The first-order valence-electron chi connectivity index (χ1n) is 6.80. The zero-order valence-electron chi connectivity index (χ0n) is 12.0. The van der Waals surface area contributed by atoms with Gasteiger partial charge in [-0.2, -0.15) is 0 Å². The monoisotopic (exact) mass is 259 g/mol. The van der Waals surface area contributed by atoms with E-state index in [4.69, 9.17) is 0 Å². The molecule has 1 aliphatic rings. The Morgan fingerprint density at radius 3 is 2.05 bits per heavy atom. The Balaban J connectivity index is 2.44. The molecule has 19 heavy (non-hydrogen) atoms. The smallest absolute Gasteiger partial charge is 0.238 e. The molecule has 0 saturated carbocycles. The standard InChI is InChI=1S/C16H21NO2/c1-5-12-13(16(2,3)4)15(19)17(14(12)18)11-9-7-6-8-10-11/h6-10,12-13H,5H2,1-4H3. The van der Waals surface area contributed by atoms with Crippen LogP contribution in [0.25, 0.3) is 0 Å². The van der Waals surface area contributed by atoms with Crippen LogP contribution in [0.1, 0.15) is 34.1 Å². The predicted molar refractivity (Wildman–Crippen MR) is 75.7 cm³/mol. The van der Waals surface area contributed by atoms with Crippen LogP contribution in [0.2, 0.25) is 0 Å². The van der Waals surface area contributed by atoms with Gasteiger partial charge >= 0.3 is 0 Å². The number of anilines is 1. The van der Waals surface area contributed by atoms with Gasteiger partial charge in [0.25, 0.3) is 0 Å². The lowest BCUT2D eigenvalue weighted by molar-refractivity contribution is -0.124. The summed E-state index contributed by atoms with van der Waals surface area (Å²) >= 11 is 0. The molecule has 0 radical (unpaired) electrons. The summed E-state index contributed by atoms with van der Waals surface area (Å²) in [5.74, 6) is -0.549. The van der Waals surface area contributed by atoms with Gasteiger partial charge in [-0.15, -0.1) is 0 Å². The van der Waals surface area contributed by atoms with E-state index in [0.717, 1.165) is 0 Å². The van der Waals surface area contributed by atoms with Crippen molar-refractivity contribution in [1.82, 2.24) is 0 Å². The van der Waals surface area contributed by atoms with Crippen LogP contribution in [-0.4, -0.2) is 11.8 Å². The summed E-state index contributed by atoms with van der Waals surface area (Å²) in [7, 11) is 0. The van der Waals surface area contributed by atoms with E-state index in [1.165, 1.54) is 4.90 Å². The highest BCUT2D eigenvalue weighted by molar-refractivity contribution is 6.22. The van der Waals surface area contributed by atoms with Crippen molar-refractivity contribution in [2.75, 3.05) is 4.90 Å². The minimum Gasteiger partial charge on any atom is -0.274 e. The minimum atomic E-state index is -0.231. The zero-order valence-corrected chi connectivity index (χ0v) is 12.0. The molecule has 2 amide bonds. The topological polar surface area (TPSA) is 37.4 Å². The van der Waals surface area contributed by atoms with Gasteiger partial charge in [-0.1, -0.05) is 45.9 Å². The van der Waals surface area contributed by atoms with Crippen molar-refractivity contribution in [1.29, 1.82) is 0 Å². The van der Waals surface area contributed by atoms with E-state index in [-0.39, 0.29) is 29.1 Å². The molecule has 0 aliphatic carbocycles. The summed E-state index contributed by atoms with van der Waals surface area (Å²) in [6.45, 7) is 8.06. The van der Waals surface area contributed by atoms with Crippen molar-refractivity contribution in [3.05, 3.63) is 30.3 Å². The van der Waals surface area contributed by atoms with Crippen molar-refractivity contribution >= 4 is 17.5 Å². The molecule has 3 heteroatoms. The molecular weight excluding hydrogens is 238 g/mol. The van der Waals surface area contributed by atoms with Gasteiger partial charge in [0, 0.05) is 0 Å². The number of benzene rings is 1. The largest absolute Gasteiger partial charge is 0.274 e. The van der Waals surface area contributed by atoms with E-state index < -0.39 is 0 Å². The van der Waals surface area contributed by atoms with Crippen LogP contribution in [0, 0.1) is 17.3 Å². The first-order valence-corrected chi connectivity index (χ1v) is 6.80. The third kappa shape index (κ3) is 2.29. The average Bonchev–Trinajstić information content (AvgIpc) is 2.61. The fourth-order valence-corrected chi connectivity index (χ4v) is 2.94. The van der Waals surface area contributed by atoms with Gasteiger partial charge in [0.1, 0.15) is 0 Å². The van der Waals surface area contributed by atoms with Crippen LogP contribution in [0.5, 0.6) is 0 Å². The Kier molecular flexibility index (Phi) is 3.48. The zero-order chi connectivity index (χ0) is 14.2. The maximum atomic E-state index is 12.6. The van der Waals surface area contributed by atoms with Crippen LogP contribution >= 0.6 is 0 Å². The number of hydrogen-bond acceptors (Lipinski definition) is 2. The number of rotatable bonds is 2. The molecule has 0 bridgehead atoms. The molecular formula is C16H21NO2. The minimum absolute atomic E-state index is 0.0568. The summed E-state index contributed by atoms with van der Waals surface area (Å²) < 4.78 is 0. The molecule has 0 N–H and O–H groups in total. The van der Waals surface area contributed by atoms with Crippen LogP contribution < -0.4 is 4.90 Å². The lowest BCUT2D eigenvalue weighted by Crippen LogP contribution is -2.34. The molecule has 1 aromatic rings. The predicted octanol–water partition coefficient (Wildman–Crippen LogP) is 3.25. The Morgan fingerprint density at radius 1 is 1.05 bits per heavy atom. The molecule has 2 atom stereocenters. The first-order chi connectivity index (χ1) is 8.88. The fourth-order valence-electron chi connectivity index (χ4n) is 2.94. The quantitative estimate of drug-likeness (QED) is 0.764. The molecule has 102 valence electrons. The van der Waals surface area contributed by atoms with Crippen molar-refractivity contribution < 1.29 is 9.59 Å². The molecule has 3 nitrogen and oxygen atoms in total. The van der Waals surface area contributed by atoms with Gasteiger partial charge in [0.05, 0.1) is 17.5 Å². The van der Waals surface area contributed by atoms with E-state index in [9.17, 15) is 9.59 Å². The summed E-state index contributed by atoms with van der Waals surface area (Å²) in [6, 6.07) is 9.21. The Hall–Kier alpha value is -1.64. The van der Waals surface area contributed by atoms with Crippen LogP contribution in [0.15, 0.2) is 30.3 Å². The van der Waals surface area contributed by atoms with Gasteiger partial charge in [0.15, 0.2) is 0 Å². The van der Waals surface area contributed by atoms with Crippen LogP contribution in [-0.2, 0) is 9.59 Å². The highest BCUT2D eigenvalue weighted by atomic mass is 16.2. The van der Waals surface area contributed by atoms with Gasteiger partial charge in [-0.05, 0) is 24.0 Å². The normalized spacial score (nSPS) is 24.1. The van der Waals surface area contributed by atoms with E-state index in [2.05, 4.69) is 0 Å². The number of carbonyl (C=O) groups excluding carboxylic acids is 2. The van der Waals surface area contributed by atoms with Crippen LogP contribution in [0.3, 0.4) is 0 Å². The Bertz CT molecular complexity index is 487. The van der Waals surface area contributed by atoms with Gasteiger partial charge < -0.3 is 0 Å². The van der Waals surface area contributed by atoms with Crippen molar-refractivity contribution in [3.63, 3.8) is 0 Å². The van der Waals surface area contributed by atoms with Crippen LogP contribution in [0.4, 0.5) is 5.69 Å². The van der Waals surface area contributed by atoms with E-state index in [0.29, 0.717) is 12.1 Å². The second-order valence-corrected chi connectivity index (χ2v) is 6.21.